The Balaban J connectivity index is 2.22. The number of halogens is 7. The molecule has 0 radical (unpaired) electrons. The Kier molecular flexibility index (Phi) is 4.78. The maximum absolute atomic E-state index is 13.5. The molecule has 146 valence electrons. The maximum atomic E-state index is 13.5. The summed E-state index contributed by atoms with van der Waals surface area (Å²) in [5, 5.41) is 0.134. The van der Waals surface area contributed by atoms with Gasteiger partial charge in [0.05, 0.1) is 16.8 Å². The Morgan fingerprint density at radius 1 is 1.07 bits per heavy atom. The van der Waals surface area contributed by atoms with Crippen LogP contribution in [0.25, 0.3) is 0 Å². The van der Waals surface area contributed by atoms with Crippen molar-refractivity contribution in [3.05, 3.63) is 45.9 Å². The lowest BCUT2D eigenvalue weighted by molar-refractivity contribution is -0.142. The number of aromatic nitrogens is 2. The lowest BCUT2D eigenvalue weighted by atomic mass is 9.94. The van der Waals surface area contributed by atoms with Gasteiger partial charge in [-0.2, -0.15) is 26.3 Å². The van der Waals surface area contributed by atoms with Crippen LogP contribution < -0.4 is 4.90 Å². The number of hydrogen-bond acceptors (Lipinski definition) is 3. The smallest absolute Gasteiger partial charge is 0.325 e. The first-order valence-corrected chi connectivity index (χ1v) is 8.37. The lowest BCUT2D eigenvalue weighted by Crippen LogP contribution is -2.30. The van der Waals surface area contributed by atoms with Crippen molar-refractivity contribution in [1.82, 2.24) is 9.97 Å². The quantitative estimate of drug-likeness (QED) is 0.419. The van der Waals surface area contributed by atoms with Crippen molar-refractivity contribution in [2.24, 2.45) is 0 Å². The Labute approximate surface area is 156 Å². The van der Waals surface area contributed by atoms with E-state index in [0.29, 0.717) is 18.1 Å². The molecular formula is C17H14ClF6N3. The van der Waals surface area contributed by atoms with E-state index < -0.39 is 29.2 Å². The predicted molar refractivity (Wildman–Crippen MR) is 88.3 cm³/mol. The van der Waals surface area contributed by atoms with Crippen molar-refractivity contribution < 1.29 is 26.3 Å². The highest BCUT2D eigenvalue weighted by Crippen LogP contribution is 2.46. The molecule has 0 amide bonds. The molecule has 1 unspecified atom stereocenters. The zero-order valence-corrected chi connectivity index (χ0v) is 15.0. The molecular weight excluding hydrogens is 396 g/mol. The van der Waals surface area contributed by atoms with Crippen molar-refractivity contribution in [2.45, 2.75) is 38.5 Å². The Bertz CT molecular complexity index is 878. The van der Waals surface area contributed by atoms with E-state index in [4.69, 9.17) is 11.6 Å². The van der Waals surface area contributed by atoms with Crippen molar-refractivity contribution >= 4 is 23.1 Å². The van der Waals surface area contributed by atoms with Gasteiger partial charge >= 0.3 is 12.4 Å². The van der Waals surface area contributed by atoms with Gasteiger partial charge in [-0.15, -0.1) is 0 Å². The predicted octanol–water partition coefficient (Wildman–Crippen LogP) is 6.12. The highest BCUT2D eigenvalue weighted by atomic mass is 35.5. The number of fused-ring (bicyclic) bond motifs is 1. The second-order valence-electron chi connectivity index (χ2n) is 6.37. The number of nitrogens with zero attached hydrogens (tertiary/aromatic N) is 3. The van der Waals surface area contributed by atoms with E-state index >= 15 is 0 Å². The van der Waals surface area contributed by atoms with Crippen LogP contribution >= 0.6 is 11.6 Å². The number of aryl methyl sites for hydroxylation is 1. The monoisotopic (exact) mass is 409 g/mol. The van der Waals surface area contributed by atoms with Gasteiger partial charge < -0.3 is 4.90 Å². The molecule has 0 saturated heterocycles. The van der Waals surface area contributed by atoms with Gasteiger partial charge in [-0.05, 0) is 37.5 Å². The van der Waals surface area contributed by atoms with Crippen molar-refractivity contribution in [3.63, 3.8) is 0 Å². The highest BCUT2D eigenvalue weighted by Gasteiger charge is 2.40. The summed E-state index contributed by atoms with van der Waals surface area (Å²) in [6.45, 7) is 3.55. The molecule has 2 aromatic rings. The summed E-state index contributed by atoms with van der Waals surface area (Å²) >= 11 is 6.16. The summed E-state index contributed by atoms with van der Waals surface area (Å²) in [6.07, 6.45) is -9.39. The Hall–Kier alpha value is -2.03. The standard InChI is InChI=1S/C17H14ClF6N3/c1-8-5-6-27(15-13(8)14(18)25-9(2)26-15)12-4-3-10(16(19,20)21)7-11(12)17(22,23)24/h3-4,7-8H,5-6H2,1-2H3. The van der Waals surface area contributed by atoms with E-state index in [9.17, 15) is 26.3 Å². The van der Waals surface area contributed by atoms with Crippen molar-refractivity contribution in [1.29, 1.82) is 0 Å². The lowest BCUT2D eigenvalue weighted by Gasteiger charge is -2.35. The molecule has 0 N–H and O–H groups in total. The fourth-order valence-corrected chi connectivity index (χ4v) is 3.54. The first kappa shape index (κ1) is 19.7. The summed E-state index contributed by atoms with van der Waals surface area (Å²) < 4.78 is 79.3. The van der Waals surface area contributed by atoms with E-state index in [1.165, 1.54) is 4.90 Å². The molecule has 1 aliphatic rings. The van der Waals surface area contributed by atoms with Crippen LogP contribution in [0.4, 0.5) is 37.8 Å². The van der Waals surface area contributed by atoms with Crippen molar-refractivity contribution in [2.75, 3.05) is 11.4 Å². The summed E-state index contributed by atoms with van der Waals surface area (Å²) in [4.78, 5) is 9.52. The van der Waals surface area contributed by atoms with E-state index in [2.05, 4.69) is 9.97 Å². The molecule has 0 spiro atoms. The minimum absolute atomic E-state index is 0.0897. The minimum Gasteiger partial charge on any atom is -0.325 e. The van der Waals surface area contributed by atoms with Crippen LogP contribution in [0.5, 0.6) is 0 Å². The number of hydrogen-bond donors (Lipinski definition) is 0. The molecule has 1 atom stereocenters. The summed E-state index contributed by atoms with van der Waals surface area (Å²) in [5.41, 5.74) is -2.63. The molecule has 3 nitrogen and oxygen atoms in total. The molecule has 2 heterocycles. The van der Waals surface area contributed by atoms with Gasteiger partial charge in [0.2, 0.25) is 0 Å². The van der Waals surface area contributed by atoms with Crippen LogP contribution in [0, 0.1) is 6.92 Å². The summed E-state index contributed by atoms with van der Waals surface area (Å²) in [5.74, 6) is 0.364. The molecule has 0 fully saturated rings. The molecule has 0 aliphatic carbocycles. The summed E-state index contributed by atoms with van der Waals surface area (Å²) in [7, 11) is 0. The first-order valence-electron chi connectivity index (χ1n) is 7.99. The molecule has 1 aromatic carbocycles. The van der Waals surface area contributed by atoms with Crippen LogP contribution in [0.2, 0.25) is 5.15 Å². The Morgan fingerprint density at radius 3 is 2.33 bits per heavy atom. The van der Waals surface area contributed by atoms with Gasteiger partial charge in [0.25, 0.3) is 0 Å². The van der Waals surface area contributed by atoms with E-state index in [-0.39, 0.29) is 35.3 Å². The number of benzene rings is 1. The fraction of sp³-hybridized carbons (Fsp3) is 0.412. The number of rotatable bonds is 1. The van der Waals surface area contributed by atoms with Crippen LogP contribution in [0.1, 0.15) is 41.8 Å². The third kappa shape index (κ3) is 3.69. The average Bonchev–Trinajstić information content (AvgIpc) is 2.52. The zero-order chi connectivity index (χ0) is 20.1. The topological polar surface area (TPSA) is 29.0 Å². The van der Waals surface area contributed by atoms with E-state index in [0.717, 1.165) is 6.07 Å². The van der Waals surface area contributed by atoms with Crippen LogP contribution in [-0.2, 0) is 12.4 Å². The number of alkyl halides is 6. The van der Waals surface area contributed by atoms with E-state index in [1.54, 1.807) is 6.92 Å². The largest absolute Gasteiger partial charge is 0.418 e. The van der Waals surface area contributed by atoms with Gasteiger partial charge in [-0.25, -0.2) is 9.97 Å². The molecule has 0 saturated carbocycles. The SMILES string of the molecule is Cc1nc(Cl)c2c(n1)N(c1ccc(C(F)(F)F)cc1C(F)(F)F)CCC2C. The maximum Gasteiger partial charge on any atom is 0.418 e. The van der Waals surface area contributed by atoms with Crippen LogP contribution in [-0.4, -0.2) is 16.5 Å². The first-order chi connectivity index (χ1) is 12.4. The molecule has 10 heteroatoms. The average molecular weight is 410 g/mol. The normalized spacial score (nSPS) is 17.8. The second-order valence-corrected chi connectivity index (χ2v) is 6.73. The number of anilines is 2. The fourth-order valence-electron chi connectivity index (χ4n) is 3.14. The molecule has 1 aliphatic heterocycles. The second kappa shape index (κ2) is 6.54. The minimum atomic E-state index is -4.97. The third-order valence-corrected chi connectivity index (χ3v) is 4.73. The third-order valence-electron chi connectivity index (χ3n) is 4.45. The van der Waals surface area contributed by atoms with Crippen LogP contribution in [0.3, 0.4) is 0 Å². The summed E-state index contributed by atoms with van der Waals surface area (Å²) in [6, 6.07) is 1.59. The molecule has 27 heavy (non-hydrogen) atoms. The van der Waals surface area contributed by atoms with E-state index in [1.807, 2.05) is 6.92 Å². The van der Waals surface area contributed by atoms with Gasteiger partial charge in [-0.1, -0.05) is 18.5 Å². The van der Waals surface area contributed by atoms with Crippen molar-refractivity contribution in [3.8, 4) is 0 Å². The molecule has 1 aromatic heterocycles. The Morgan fingerprint density at radius 2 is 1.74 bits per heavy atom. The molecule has 3 rings (SSSR count). The van der Waals surface area contributed by atoms with Gasteiger partial charge in [0, 0.05) is 12.1 Å². The zero-order valence-electron chi connectivity index (χ0n) is 14.2. The van der Waals surface area contributed by atoms with Crippen LogP contribution in [0.15, 0.2) is 18.2 Å². The highest BCUT2D eigenvalue weighted by molar-refractivity contribution is 6.30. The molecule has 0 bridgehead atoms. The van der Waals surface area contributed by atoms with Gasteiger partial charge in [0.1, 0.15) is 16.8 Å². The van der Waals surface area contributed by atoms with Gasteiger partial charge in [-0.3, -0.25) is 0 Å². The van der Waals surface area contributed by atoms with Gasteiger partial charge in [0.15, 0.2) is 0 Å².